The number of aromatic amines is 1. The summed E-state index contributed by atoms with van der Waals surface area (Å²) >= 11 is 0. The first-order valence-corrected chi connectivity index (χ1v) is 7.74. The van der Waals surface area contributed by atoms with Crippen molar-refractivity contribution in [3.05, 3.63) is 17.5 Å². The second kappa shape index (κ2) is 6.27. The minimum absolute atomic E-state index is 0.116. The van der Waals surface area contributed by atoms with Crippen LogP contribution in [-0.4, -0.2) is 29.5 Å². The van der Waals surface area contributed by atoms with Gasteiger partial charge in [0.1, 0.15) is 0 Å². The zero-order valence-electron chi connectivity index (χ0n) is 13.5. The number of nitrogens with zero attached hydrogens (tertiary/aromatic N) is 1. The van der Waals surface area contributed by atoms with Gasteiger partial charge in [-0.15, -0.1) is 0 Å². The maximum atomic E-state index is 5.83. The number of hydrogen-bond donors (Lipinski definition) is 2. The highest BCUT2D eigenvalue weighted by Gasteiger charge is 2.30. The van der Waals surface area contributed by atoms with Crippen LogP contribution in [0.25, 0.3) is 0 Å². The zero-order chi connectivity index (χ0) is 14.8. The van der Waals surface area contributed by atoms with Gasteiger partial charge in [-0.1, -0.05) is 34.6 Å². The summed E-state index contributed by atoms with van der Waals surface area (Å²) in [4.78, 5) is 0. The molecule has 0 saturated carbocycles. The summed E-state index contributed by atoms with van der Waals surface area (Å²) in [5, 5.41) is 10.9. The Kier molecular flexibility index (Phi) is 4.86. The first-order chi connectivity index (χ1) is 9.39. The molecule has 0 bridgehead atoms. The highest BCUT2D eigenvalue weighted by atomic mass is 16.5. The van der Waals surface area contributed by atoms with E-state index in [-0.39, 0.29) is 5.41 Å². The zero-order valence-corrected chi connectivity index (χ0v) is 13.5. The molecule has 0 unspecified atom stereocenters. The van der Waals surface area contributed by atoms with Gasteiger partial charge in [-0.25, -0.2) is 0 Å². The van der Waals surface area contributed by atoms with Gasteiger partial charge in [0.15, 0.2) is 0 Å². The Morgan fingerprint density at radius 2 is 2.20 bits per heavy atom. The fourth-order valence-corrected chi connectivity index (χ4v) is 3.10. The van der Waals surface area contributed by atoms with E-state index >= 15 is 0 Å². The van der Waals surface area contributed by atoms with E-state index in [4.69, 9.17) is 4.74 Å². The Hall–Kier alpha value is -0.870. The first kappa shape index (κ1) is 15.5. The van der Waals surface area contributed by atoms with Crippen molar-refractivity contribution < 1.29 is 4.74 Å². The van der Waals surface area contributed by atoms with Crippen molar-refractivity contribution in [1.29, 1.82) is 0 Å². The Balaban J connectivity index is 1.86. The average molecular weight is 279 g/mol. The molecule has 0 aliphatic carbocycles. The van der Waals surface area contributed by atoms with E-state index in [0.29, 0.717) is 17.9 Å². The molecule has 0 amide bonds. The standard InChI is InChI=1S/C16H29N3O/c1-11(2)14-12(6-7-20-14)8-17-9-13-10-18-19-15(13)16(3,4)5/h10-12,14,17H,6-9H2,1-5H3,(H,18,19)/t12-,14-/m1/s1. The van der Waals surface area contributed by atoms with Crippen LogP contribution in [0.15, 0.2) is 6.20 Å². The third kappa shape index (κ3) is 3.61. The van der Waals surface area contributed by atoms with Crippen molar-refractivity contribution in [2.24, 2.45) is 11.8 Å². The molecule has 2 heterocycles. The molecule has 1 aliphatic rings. The van der Waals surface area contributed by atoms with E-state index in [2.05, 4.69) is 50.1 Å². The molecule has 2 atom stereocenters. The van der Waals surface area contributed by atoms with E-state index < -0.39 is 0 Å². The van der Waals surface area contributed by atoms with Crippen molar-refractivity contribution in [3.8, 4) is 0 Å². The van der Waals surface area contributed by atoms with Crippen molar-refractivity contribution >= 4 is 0 Å². The summed E-state index contributed by atoms with van der Waals surface area (Å²) in [5.41, 5.74) is 2.62. The first-order valence-electron chi connectivity index (χ1n) is 7.74. The Labute approximate surface area is 122 Å². The van der Waals surface area contributed by atoms with E-state index in [1.54, 1.807) is 0 Å². The van der Waals surface area contributed by atoms with Crippen LogP contribution in [0.3, 0.4) is 0 Å². The topological polar surface area (TPSA) is 49.9 Å². The van der Waals surface area contributed by atoms with Crippen LogP contribution in [-0.2, 0) is 16.7 Å². The van der Waals surface area contributed by atoms with Crippen LogP contribution in [0.2, 0.25) is 0 Å². The van der Waals surface area contributed by atoms with E-state index in [0.717, 1.165) is 19.7 Å². The van der Waals surface area contributed by atoms with Crippen LogP contribution in [0, 0.1) is 11.8 Å². The third-order valence-corrected chi connectivity index (χ3v) is 4.11. The normalized spacial score (nSPS) is 23.7. The van der Waals surface area contributed by atoms with Gasteiger partial charge in [0.25, 0.3) is 0 Å². The summed E-state index contributed by atoms with van der Waals surface area (Å²) in [5.74, 6) is 1.24. The summed E-state index contributed by atoms with van der Waals surface area (Å²) in [6.45, 7) is 13.9. The SMILES string of the molecule is CC(C)[C@H]1OCC[C@@H]1CNCc1cn[nH]c1C(C)(C)C. The molecule has 0 spiro atoms. The summed E-state index contributed by atoms with van der Waals surface area (Å²) in [6.07, 6.45) is 3.53. The van der Waals surface area contributed by atoms with Crippen LogP contribution in [0.5, 0.6) is 0 Å². The van der Waals surface area contributed by atoms with Gasteiger partial charge in [0.05, 0.1) is 12.3 Å². The molecule has 0 aromatic carbocycles. The minimum atomic E-state index is 0.116. The lowest BCUT2D eigenvalue weighted by Gasteiger charge is -2.23. The van der Waals surface area contributed by atoms with Gasteiger partial charge < -0.3 is 10.1 Å². The predicted octanol–water partition coefficient (Wildman–Crippen LogP) is 2.86. The Morgan fingerprint density at radius 1 is 1.45 bits per heavy atom. The van der Waals surface area contributed by atoms with Crippen LogP contribution >= 0.6 is 0 Å². The molecule has 4 nitrogen and oxygen atoms in total. The lowest BCUT2D eigenvalue weighted by Crippen LogP contribution is -2.31. The average Bonchev–Trinajstić information content (AvgIpc) is 2.95. The van der Waals surface area contributed by atoms with Gasteiger partial charge in [-0.05, 0) is 18.3 Å². The second-order valence-corrected chi connectivity index (χ2v) is 7.28. The highest BCUT2D eigenvalue weighted by molar-refractivity contribution is 5.23. The summed E-state index contributed by atoms with van der Waals surface area (Å²) in [6, 6.07) is 0. The van der Waals surface area contributed by atoms with Gasteiger partial charge in [-0.2, -0.15) is 5.10 Å². The second-order valence-electron chi connectivity index (χ2n) is 7.28. The molecule has 1 saturated heterocycles. The maximum absolute atomic E-state index is 5.83. The van der Waals surface area contributed by atoms with Crippen molar-refractivity contribution in [1.82, 2.24) is 15.5 Å². The summed E-state index contributed by atoms with van der Waals surface area (Å²) < 4.78 is 5.83. The lowest BCUT2D eigenvalue weighted by atomic mass is 9.89. The molecule has 2 rings (SSSR count). The number of aromatic nitrogens is 2. The van der Waals surface area contributed by atoms with Gasteiger partial charge >= 0.3 is 0 Å². The number of rotatable bonds is 5. The molecular formula is C16H29N3O. The van der Waals surface area contributed by atoms with Gasteiger partial charge in [-0.3, -0.25) is 5.10 Å². The van der Waals surface area contributed by atoms with Crippen molar-refractivity contribution in [2.45, 2.75) is 59.1 Å². The molecule has 114 valence electrons. The number of nitrogens with one attached hydrogen (secondary N) is 2. The molecule has 1 aromatic heterocycles. The molecular weight excluding hydrogens is 250 g/mol. The monoisotopic (exact) mass is 279 g/mol. The van der Waals surface area contributed by atoms with Crippen LogP contribution in [0.1, 0.15) is 52.3 Å². The van der Waals surface area contributed by atoms with Gasteiger partial charge in [0.2, 0.25) is 0 Å². The van der Waals surface area contributed by atoms with Crippen LogP contribution in [0.4, 0.5) is 0 Å². The lowest BCUT2D eigenvalue weighted by molar-refractivity contribution is 0.0539. The predicted molar refractivity (Wildman–Crippen MR) is 81.7 cm³/mol. The van der Waals surface area contributed by atoms with Crippen LogP contribution < -0.4 is 5.32 Å². The fraction of sp³-hybridized carbons (Fsp3) is 0.812. The van der Waals surface area contributed by atoms with Crippen molar-refractivity contribution in [2.75, 3.05) is 13.2 Å². The smallest absolute Gasteiger partial charge is 0.0639 e. The van der Waals surface area contributed by atoms with Gasteiger partial charge in [0, 0.05) is 36.4 Å². The third-order valence-electron chi connectivity index (χ3n) is 4.11. The Bertz CT molecular complexity index is 420. The van der Waals surface area contributed by atoms with Crippen molar-refractivity contribution in [3.63, 3.8) is 0 Å². The number of ether oxygens (including phenoxy) is 1. The largest absolute Gasteiger partial charge is 0.378 e. The Morgan fingerprint density at radius 3 is 2.85 bits per heavy atom. The molecule has 1 aliphatic heterocycles. The van der Waals surface area contributed by atoms with E-state index in [1.807, 2.05) is 6.20 Å². The van der Waals surface area contributed by atoms with E-state index in [9.17, 15) is 0 Å². The summed E-state index contributed by atoms with van der Waals surface area (Å²) in [7, 11) is 0. The minimum Gasteiger partial charge on any atom is -0.378 e. The number of H-pyrrole nitrogens is 1. The number of hydrogen-bond acceptors (Lipinski definition) is 3. The molecule has 1 fully saturated rings. The molecule has 20 heavy (non-hydrogen) atoms. The maximum Gasteiger partial charge on any atom is 0.0639 e. The molecule has 2 N–H and O–H groups in total. The highest BCUT2D eigenvalue weighted by Crippen LogP contribution is 2.27. The molecule has 1 aromatic rings. The fourth-order valence-electron chi connectivity index (χ4n) is 3.10. The molecule has 0 radical (unpaired) electrons. The molecule has 4 heteroatoms. The quantitative estimate of drug-likeness (QED) is 0.871. The van der Waals surface area contributed by atoms with E-state index in [1.165, 1.54) is 17.7 Å².